The number of benzene rings is 1. The van der Waals surface area contributed by atoms with Crippen LogP contribution in [-0.2, 0) is 12.7 Å². The number of aromatic hydroxyl groups is 1. The molecule has 0 aliphatic rings. The first kappa shape index (κ1) is 18.5. The van der Waals surface area contributed by atoms with Crippen molar-refractivity contribution < 1.29 is 22.8 Å². The first-order valence-corrected chi connectivity index (χ1v) is 8.07. The molecule has 0 aliphatic carbocycles. The zero-order chi connectivity index (χ0) is 19.8. The summed E-state index contributed by atoms with van der Waals surface area (Å²) in [6.07, 6.45) is -3.12. The number of alkyl halides is 3. The van der Waals surface area contributed by atoms with Gasteiger partial charge in [-0.2, -0.15) is 27.4 Å². The molecule has 138 valence electrons. The fourth-order valence-electron chi connectivity index (χ4n) is 2.88. The van der Waals surface area contributed by atoms with Gasteiger partial charge in [0.1, 0.15) is 6.54 Å². The van der Waals surface area contributed by atoms with E-state index in [9.17, 15) is 23.1 Å². The average molecular weight is 374 g/mol. The number of rotatable bonds is 3. The summed E-state index contributed by atoms with van der Waals surface area (Å²) in [5.41, 5.74) is -1.55. The molecule has 5 nitrogen and oxygen atoms in total. The van der Waals surface area contributed by atoms with E-state index in [0.717, 1.165) is 12.1 Å². The lowest BCUT2D eigenvalue weighted by atomic mass is 10.0. The first-order chi connectivity index (χ1) is 12.7. The van der Waals surface area contributed by atoms with Crippen molar-refractivity contribution in [2.75, 3.05) is 0 Å². The fourth-order valence-corrected chi connectivity index (χ4v) is 2.88. The largest absolute Gasteiger partial charge is 0.477 e. The molecule has 2 heterocycles. The second-order valence-electron chi connectivity index (χ2n) is 6.15. The molecule has 0 aliphatic heterocycles. The minimum Gasteiger partial charge on any atom is -0.477 e. The molecule has 0 bridgehead atoms. The van der Waals surface area contributed by atoms with Crippen LogP contribution < -0.4 is 10.1 Å². The summed E-state index contributed by atoms with van der Waals surface area (Å²) >= 11 is 0. The third kappa shape index (κ3) is 3.36. The number of hydrogen-bond acceptors (Lipinski definition) is 3. The quantitative estimate of drug-likeness (QED) is 0.716. The number of nitrogens with zero attached hydrogens (tertiary/aromatic N) is 3. The summed E-state index contributed by atoms with van der Waals surface area (Å²) < 4.78 is 41.7. The minimum atomic E-state index is -4.58. The summed E-state index contributed by atoms with van der Waals surface area (Å²) in [5.74, 6) is -0.968. The second kappa shape index (κ2) is 6.76. The molecular weight excluding hydrogens is 359 g/mol. The summed E-state index contributed by atoms with van der Waals surface area (Å²) in [6.45, 7) is 1.71. The summed E-state index contributed by atoms with van der Waals surface area (Å²) in [7, 11) is 0. The normalized spacial score (nSPS) is 12.7. The van der Waals surface area contributed by atoms with Gasteiger partial charge < -0.3 is 5.11 Å². The highest BCUT2D eigenvalue weighted by Gasteiger charge is 2.32. The van der Waals surface area contributed by atoms with Crippen molar-refractivity contribution in [1.29, 1.82) is 5.26 Å². The number of aromatic nitrogens is 2. The molecule has 1 unspecified atom stereocenters. The molecule has 1 N–H and O–H groups in total. The van der Waals surface area contributed by atoms with Crippen LogP contribution in [0.2, 0.25) is 0 Å². The van der Waals surface area contributed by atoms with Gasteiger partial charge in [0.15, 0.2) is 5.56 Å². The van der Waals surface area contributed by atoms with Crippen molar-refractivity contribution in [1.82, 2.24) is 4.40 Å². The zero-order valence-corrected chi connectivity index (χ0v) is 14.2. The van der Waals surface area contributed by atoms with Crippen molar-refractivity contribution in [3.63, 3.8) is 0 Å². The summed E-state index contributed by atoms with van der Waals surface area (Å²) in [5, 5.41) is 19.8. The van der Waals surface area contributed by atoms with E-state index in [1.165, 1.54) is 27.3 Å². The Hall–Kier alpha value is -3.34. The number of pyridine rings is 1. The van der Waals surface area contributed by atoms with Crippen molar-refractivity contribution in [3.05, 3.63) is 64.6 Å². The predicted molar refractivity (Wildman–Crippen MR) is 90.7 cm³/mol. The maximum atomic E-state index is 13.0. The van der Waals surface area contributed by atoms with Crippen molar-refractivity contribution in [2.24, 2.45) is 5.92 Å². The average Bonchev–Trinajstić information content (AvgIpc) is 2.64. The van der Waals surface area contributed by atoms with Gasteiger partial charge >= 0.3 is 11.7 Å². The maximum absolute atomic E-state index is 13.0. The molecule has 0 amide bonds. The van der Waals surface area contributed by atoms with Crippen LogP contribution in [0.4, 0.5) is 13.2 Å². The Kier molecular flexibility index (Phi) is 4.62. The second-order valence-corrected chi connectivity index (χ2v) is 6.15. The predicted octanol–water partition coefficient (Wildman–Crippen LogP) is 3.14. The Labute approximate surface area is 152 Å². The van der Waals surface area contributed by atoms with Gasteiger partial charge in [0.2, 0.25) is 0 Å². The van der Waals surface area contributed by atoms with Crippen LogP contribution in [0.1, 0.15) is 12.5 Å². The molecule has 2 aromatic heterocycles. The highest BCUT2D eigenvalue weighted by atomic mass is 19.4. The van der Waals surface area contributed by atoms with Gasteiger partial charge in [-0.15, -0.1) is 0 Å². The summed E-state index contributed by atoms with van der Waals surface area (Å²) in [4.78, 5) is 12.9. The van der Waals surface area contributed by atoms with E-state index in [4.69, 9.17) is 5.26 Å². The van der Waals surface area contributed by atoms with Crippen LogP contribution in [0.25, 0.3) is 16.8 Å². The van der Waals surface area contributed by atoms with Gasteiger partial charge in [0, 0.05) is 6.07 Å². The molecule has 1 atom stereocenters. The molecule has 3 rings (SSSR count). The molecule has 0 fully saturated rings. The highest BCUT2D eigenvalue weighted by Crippen LogP contribution is 2.33. The monoisotopic (exact) mass is 374 g/mol. The van der Waals surface area contributed by atoms with Crippen molar-refractivity contribution in [2.45, 2.75) is 19.6 Å². The number of fused-ring (bicyclic) bond motifs is 1. The van der Waals surface area contributed by atoms with E-state index < -0.39 is 29.1 Å². The van der Waals surface area contributed by atoms with Gasteiger partial charge in [0.25, 0.3) is 11.5 Å². The van der Waals surface area contributed by atoms with Crippen molar-refractivity contribution in [3.8, 4) is 23.1 Å². The molecule has 0 spiro atoms. The number of nitriles is 1. The first-order valence-electron chi connectivity index (χ1n) is 8.07. The zero-order valence-electron chi connectivity index (χ0n) is 14.2. The smallest absolute Gasteiger partial charge is 0.416 e. The number of hydrogen-bond donors (Lipinski definition) is 1. The Morgan fingerprint density at radius 1 is 1.26 bits per heavy atom. The van der Waals surface area contributed by atoms with Gasteiger partial charge in [-0.1, -0.05) is 18.2 Å². The third-order valence-electron chi connectivity index (χ3n) is 4.18. The molecule has 1 aromatic carbocycles. The Balaban J connectivity index is 2.35. The van der Waals surface area contributed by atoms with E-state index in [2.05, 4.69) is 0 Å². The lowest BCUT2D eigenvalue weighted by molar-refractivity contribution is -0.684. The molecule has 27 heavy (non-hydrogen) atoms. The minimum absolute atomic E-state index is 0.0519. The lowest BCUT2D eigenvalue weighted by Crippen LogP contribution is -2.42. The standard InChI is InChI=1S/C19H14F3N3O2/c1-12(10-23)11-25-15-7-2-3-8-24(15)17(26)16(18(25)27)13-5-4-6-14(9-13)19(20,21)22/h2-9,12H,11H2,1H3/p+1. The Morgan fingerprint density at radius 2 is 2.00 bits per heavy atom. The van der Waals surface area contributed by atoms with Crippen LogP contribution in [0.3, 0.4) is 0 Å². The van der Waals surface area contributed by atoms with Crippen LogP contribution >= 0.6 is 0 Å². The third-order valence-corrected chi connectivity index (χ3v) is 4.18. The molecule has 0 saturated carbocycles. The van der Waals surface area contributed by atoms with Gasteiger partial charge in [-0.25, -0.2) is 4.79 Å². The van der Waals surface area contributed by atoms with Crippen LogP contribution in [-0.4, -0.2) is 9.51 Å². The fraction of sp³-hybridized carbons (Fsp3) is 0.211. The van der Waals surface area contributed by atoms with Crippen LogP contribution in [0, 0.1) is 17.2 Å². The van der Waals surface area contributed by atoms with Crippen LogP contribution in [0.5, 0.6) is 5.88 Å². The Bertz CT molecular complexity index is 1110. The molecule has 0 saturated heterocycles. The summed E-state index contributed by atoms with van der Waals surface area (Å²) in [6, 6.07) is 11.1. The van der Waals surface area contributed by atoms with Gasteiger partial charge in [-0.05, 0) is 30.7 Å². The maximum Gasteiger partial charge on any atom is 0.416 e. The molecule has 0 radical (unpaired) electrons. The highest BCUT2D eigenvalue weighted by molar-refractivity contribution is 5.68. The van der Waals surface area contributed by atoms with Gasteiger partial charge in [-0.3, -0.25) is 0 Å². The number of halogens is 3. The van der Waals surface area contributed by atoms with Gasteiger partial charge in [0.05, 0.1) is 23.7 Å². The van der Waals surface area contributed by atoms with Crippen LogP contribution in [0.15, 0.2) is 53.5 Å². The lowest BCUT2D eigenvalue weighted by Gasteiger charge is -2.12. The topological polar surface area (TPSA) is 69.4 Å². The van der Waals surface area contributed by atoms with E-state index in [-0.39, 0.29) is 17.7 Å². The van der Waals surface area contributed by atoms with E-state index in [0.29, 0.717) is 5.65 Å². The molecule has 8 heteroatoms. The molecular formula is C19H15F3N3O2+. The van der Waals surface area contributed by atoms with E-state index in [1.807, 2.05) is 6.07 Å². The molecule has 3 aromatic rings. The van der Waals surface area contributed by atoms with E-state index in [1.54, 1.807) is 25.1 Å². The SMILES string of the molecule is CC(C#N)C[n+]1c(O)c(-c2cccc(C(F)(F)F)c2)c(=O)n2ccccc21. The van der Waals surface area contributed by atoms with Crippen molar-refractivity contribution >= 4 is 5.65 Å². The Morgan fingerprint density at radius 3 is 2.67 bits per heavy atom. The van der Waals surface area contributed by atoms with E-state index >= 15 is 0 Å².